The number of carbonyl (C=O) groups is 2. The maximum atomic E-state index is 13.2. The summed E-state index contributed by atoms with van der Waals surface area (Å²) in [5.41, 5.74) is 2.22. The molecule has 3 rings (SSSR count). The van der Waals surface area contributed by atoms with Crippen molar-refractivity contribution in [3.63, 3.8) is 0 Å². The van der Waals surface area contributed by atoms with Crippen molar-refractivity contribution in [1.82, 2.24) is 19.5 Å². The number of sulfonamides is 1. The standard InChI is InChI=1S/C27H39N5O5S/c1-19-15-24(37-6)16-20(2)26(19)38(35,36)31(5)18-25(33)29-21(3)27(34)30(4)17-22-9-13-32(14-10-22)23-7-11-28-12-8-23/h7-8,11-12,15-16,21-22H,9-10,13-14,17-18H2,1-6H3,(H,29,33). The van der Waals surface area contributed by atoms with E-state index in [9.17, 15) is 18.0 Å². The number of piperidine rings is 1. The number of likely N-dealkylation sites (N-methyl/N-ethyl adjacent to an activating group) is 2. The number of anilines is 1. The zero-order chi connectivity index (χ0) is 28.0. The third-order valence-electron chi connectivity index (χ3n) is 7.00. The number of hydrogen-bond acceptors (Lipinski definition) is 7. The van der Waals surface area contributed by atoms with Gasteiger partial charge in [-0.25, -0.2) is 8.42 Å². The Morgan fingerprint density at radius 1 is 1.13 bits per heavy atom. The lowest BCUT2D eigenvalue weighted by atomic mass is 9.95. The first kappa shape index (κ1) is 29.4. The molecule has 0 spiro atoms. The van der Waals surface area contributed by atoms with E-state index < -0.39 is 28.5 Å². The van der Waals surface area contributed by atoms with Gasteiger partial charge in [-0.3, -0.25) is 14.6 Å². The minimum absolute atomic E-state index is 0.146. The van der Waals surface area contributed by atoms with Crippen molar-refractivity contribution in [2.75, 3.05) is 52.3 Å². The summed E-state index contributed by atoms with van der Waals surface area (Å²) in [6, 6.07) is 6.52. The summed E-state index contributed by atoms with van der Waals surface area (Å²) in [6.45, 7) is 7.03. The van der Waals surface area contributed by atoms with Crippen molar-refractivity contribution < 1.29 is 22.7 Å². The van der Waals surface area contributed by atoms with Gasteiger partial charge in [-0.2, -0.15) is 4.31 Å². The van der Waals surface area contributed by atoms with Gasteiger partial charge in [0.1, 0.15) is 11.8 Å². The molecule has 0 radical (unpaired) electrons. The number of methoxy groups -OCH3 is 1. The Kier molecular flexibility index (Phi) is 9.72. The summed E-state index contributed by atoms with van der Waals surface area (Å²) in [5, 5.41) is 2.66. The Morgan fingerprint density at radius 2 is 1.71 bits per heavy atom. The van der Waals surface area contributed by atoms with Gasteiger partial charge in [0.2, 0.25) is 21.8 Å². The average Bonchev–Trinajstić information content (AvgIpc) is 2.88. The van der Waals surface area contributed by atoms with Crippen molar-refractivity contribution in [3.05, 3.63) is 47.8 Å². The van der Waals surface area contributed by atoms with Crippen molar-refractivity contribution in [3.8, 4) is 5.75 Å². The van der Waals surface area contributed by atoms with Crippen LogP contribution in [-0.2, 0) is 19.6 Å². The van der Waals surface area contributed by atoms with Gasteiger partial charge in [0.05, 0.1) is 18.6 Å². The minimum atomic E-state index is -3.92. The fourth-order valence-electron chi connectivity index (χ4n) is 4.96. The molecule has 1 saturated heterocycles. The number of aromatic nitrogens is 1. The SMILES string of the molecule is COc1cc(C)c(S(=O)(=O)N(C)CC(=O)NC(C)C(=O)N(C)CC2CCN(c3ccncc3)CC2)c(C)c1. The molecule has 0 aliphatic carbocycles. The summed E-state index contributed by atoms with van der Waals surface area (Å²) in [4.78, 5) is 33.8. The van der Waals surface area contributed by atoms with Crippen molar-refractivity contribution in [2.24, 2.45) is 5.92 Å². The minimum Gasteiger partial charge on any atom is -0.497 e. The summed E-state index contributed by atoms with van der Waals surface area (Å²) in [7, 11) is 0.695. The summed E-state index contributed by atoms with van der Waals surface area (Å²) in [6.07, 6.45) is 5.51. The van der Waals surface area contributed by atoms with Gasteiger partial charge in [-0.1, -0.05) is 0 Å². The van der Waals surface area contributed by atoms with Crippen LogP contribution in [0.25, 0.3) is 0 Å². The molecule has 1 unspecified atom stereocenters. The molecule has 208 valence electrons. The zero-order valence-electron chi connectivity index (χ0n) is 23.1. The number of hydrogen-bond donors (Lipinski definition) is 1. The summed E-state index contributed by atoms with van der Waals surface area (Å²) in [5.74, 6) is 0.189. The van der Waals surface area contributed by atoms with Crippen LogP contribution in [0, 0.1) is 19.8 Å². The monoisotopic (exact) mass is 545 g/mol. The normalized spacial score (nSPS) is 15.3. The van der Waals surface area contributed by atoms with Gasteiger partial charge in [-0.15, -0.1) is 0 Å². The third-order valence-corrected chi connectivity index (χ3v) is 9.11. The van der Waals surface area contributed by atoms with Crippen LogP contribution in [0.1, 0.15) is 30.9 Å². The smallest absolute Gasteiger partial charge is 0.244 e. The molecule has 1 atom stereocenters. The molecule has 1 aliphatic rings. The van der Waals surface area contributed by atoms with Crippen LogP contribution >= 0.6 is 0 Å². The molecule has 1 aliphatic heterocycles. The number of nitrogens with one attached hydrogen (secondary N) is 1. The van der Waals surface area contributed by atoms with E-state index in [1.807, 2.05) is 12.1 Å². The van der Waals surface area contributed by atoms with E-state index in [1.54, 1.807) is 57.2 Å². The number of amides is 2. The van der Waals surface area contributed by atoms with E-state index in [-0.39, 0.29) is 10.8 Å². The largest absolute Gasteiger partial charge is 0.497 e. The second kappa shape index (κ2) is 12.6. The molecule has 1 N–H and O–H groups in total. The van der Waals surface area contributed by atoms with Crippen LogP contribution in [0.15, 0.2) is 41.6 Å². The van der Waals surface area contributed by atoms with Gasteiger partial charge in [0.15, 0.2) is 0 Å². The Bertz CT molecular complexity index is 1210. The molecular formula is C27H39N5O5S. The van der Waals surface area contributed by atoms with E-state index in [0.29, 0.717) is 29.3 Å². The Balaban J connectivity index is 1.51. The van der Waals surface area contributed by atoms with Crippen molar-refractivity contribution in [1.29, 1.82) is 0 Å². The molecule has 2 heterocycles. The van der Waals surface area contributed by atoms with Crippen LogP contribution in [0.3, 0.4) is 0 Å². The number of nitrogens with zero attached hydrogens (tertiary/aromatic N) is 4. The highest BCUT2D eigenvalue weighted by atomic mass is 32.2. The predicted octanol–water partition coefficient (Wildman–Crippen LogP) is 2.21. The Morgan fingerprint density at radius 3 is 2.26 bits per heavy atom. The second-order valence-corrected chi connectivity index (χ2v) is 12.0. The molecule has 11 heteroatoms. The van der Waals surface area contributed by atoms with Gasteiger partial charge >= 0.3 is 0 Å². The van der Waals surface area contributed by atoms with E-state index >= 15 is 0 Å². The zero-order valence-corrected chi connectivity index (χ0v) is 23.9. The lowest BCUT2D eigenvalue weighted by Gasteiger charge is -2.35. The molecule has 0 bridgehead atoms. The molecule has 2 amide bonds. The Hall–Kier alpha value is -3.18. The van der Waals surface area contributed by atoms with Crippen molar-refractivity contribution >= 4 is 27.5 Å². The number of aryl methyl sites for hydroxylation is 2. The first-order valence-electron chi connectivity index (χ1n) is 12.7. The van der Waals surface area contributed by atoms with Crippen LogP contribution in [0.4, 0.5) is 5.69 Å². The predicted molar refractivity (Wildman–Crippen MR) is 147 cm³/mol. The average molecular weight is 546 g/mol. The molecule has 38 heavy (non-hydrogen) atoms. The second-order valence-electron chi connectivity index (χ2n) is 10.00. The molecule has 1 fully saturated rings. The van der Waals surface area contributed by atoms with Gasteiger partial charge in [-0.05, 0) is 74.9 Å². The number of ether oxygens (including phenoxy) is 1. The first-order chi connectivity index (χ1) is 17.9. The van der Waals surface area contributed by atoms with Crippen LogP contribution < -0.4 is 15.0 Å². The van der Waals surface area contributed by atoms with Gasteiger partial charge < -0.3 is 19.9 Å². The maximum absolute atomic E-state index is 13.2. The topological polar surface area (TPSA) is 112 Å². The highest BCUT2D eigenvalue weighted by molar-refractivity contribution is 7.89. The fraction of sp³-hybridized carbons (Fsp3) is 0.519. The molecular weight excluding hydrogens is 506 g/mol. The maximum Gasteiger partial charge on any atom is 0.244 e. The molecule has 0 saturated carbocycles. The number of carbonyl (C=O) groups excluding carboxylic acids is 2. The molecule has 1 aromatic heterocycles. The summed E-state index contributed by atoms with van der Waals surface area (Å²) < 4.78 is 32.6. The van der Waals surface area contributed by atoms with Gasteiger partial charge in [0, 0.05) is 51.8 Å². The van der Waals surface area contributed by atoms with Crippen LogP contribution in [0.5, 0.6) is 5.75 Å². The van der Waals surface area contributed by atoms with E-state index in [1.165, 1.54) is 14.2 Å². The molecule has 10 nitrogen and oxygen atoms in total. The molecule has 2 aromatic rings. The quantitative estimate of drug-likeness (QED) is 0.487. The third kappa shape index (κ3) is 7.02. The lowest BCUT2D eigenvalue weighted by Crippen LogP contribution is -2.50. The van der Waals surface area contributed by atoms with Crippen LogP contribution in [0.2, 0.25) is 0 Å². The highest BCUT2D eigenvalue weighted by Gasteiger charge is 2.29. The number of benzene rings is 1. The van der Waals surface area contributed by atoms with Crippen LogP contribution in [-0.4, -0.2) is 87.8 Å². The van der Waals surface area contributed by atoms with E-state index in [4.69, 9.17) is 4.74 Å². The number of pyridine rings is 1. The van der Waals surface area contributed by atoms with E-state index in [0.717, 1.165) is 35.9 Å². The summed E-state index contributed by atoms with van der Waals surface area (Å²) >= 11 is 0. The first-order valence-corrected chi connectivity index (χ1v) is 14.2. The lowest BCUT2D eigenvalue weighted by molar-refractivity contribution is -0.135. The van der Waals surface area contributed by atoms with Crippen molar-refractivity contribution in [2.45, 2.75) is 44.6 Å². The van der Waals surface area contributed by atoms with Gasteiger partial charge in [0.25, 0.3) is 0 Å². The Labute approximate surface area is 226 Å². The fourth-order valence-corrected chi connectivity index (χ4v) is 6.49. The van der Waals surface area contributed by atoms with E-state index in [2.05, 4.69) is 15.2 Å². The number of rotatable bonds is 10. The molecule has 1 aromatic carbocycles. The highest BCUT2D eigenvalue weighted by Crippen LogP contribution is 2.28.